The Morgan fingerprint density at radius 1 is 1.11 bits per heavy atom. The van der Waals surface area contributed by atoms with Gasteiger partial charge in [0.25, 0.3) is 0 Å². The minimum atomic E-state index is -0.436. The predicted octanol–water partition coefficient (Wildman–Crippen LogP) is 3.87. The molecule has 0 spiro atoms. The smallest absolute Gasteiger partial charge is 0.343 e. The summed E-state index contributed by atoms with van der Waals surface area (Å²) in [5, 5.41) is 5.16. The van der Waals surface area contributed by atoms with Crippen LogP contribution in [0.5, 0.6) is 5.75 Å². The lowest BCUT2D eigenvalue weighted by Gasteiger charge is -2.27. The van der Waals surface area contributed by atoms with Crippen LogP contribution in [0.2, 0.25) is 0 Å². The van der Waals surface area contributed by atoms with Crippen molar-refractivity contribution in [3.63, 3.8) is 0 Å². The first-order chi connectivity index (χ1) is 13.2. The van der Waals surface area contributed by atoms with Crippen molar-refractivity contribution in [2.24, 2.45) is 0 Å². The molecule has 1 atom stereocenters. The van der Waals surface area contributed by atoms with Crippen LogP contribution in [0.25, 0.3) is 10.8 Å². The number of benzene rings is 3. The Morgan fingerprint density at radius 2 is 1.96 bits per heavy atom. The Labute approximate surface area is 156 Å². The third-order valence-corrected chi connectivity index (χ3v) is 4.84. The maximum absolute atomic E-state index is 12.4. The number of rotatable bonds is 4. The van der Waals surface area contributed by atoms with Crippen LogP contribution in [0, 0.1) is 0 Å². The number of ether oxygens (including phenoxy) is 2. The highest BCUT2D eigenvalue weighted by atomic mass is 16.6. The van der Waals surface area contributed by atoms with Crippen molar-refractivity contribution in [2.45, 2.75) is 12.3 Å². The molecule has 0 aromatic heterocycles. The number of carbonyl (C=O) groups is 2. The van der Waals surface area contributed by atoms with E-state index in [9.17, 15) is 9.59 Å². The highest BCUT2D eigenvalue weighted by molar-refractivity contribution is 6.06. The van der Waals surface area contributed by atoms with Gasteiger partial charge < -0.3 is 14.8 Å². The van der Waals surface area contributed by atoms with Crippen LogP contribution in [-0.2, 0) is 14.3 Å². The van der Waals surface area contributed by atoms with E-state index in [2.05, 4.69) is 22.2 Å². The second kappa shape index (κ2) is 7.11. The minimum absolute atomic E-state index is 0.00950. The second-order valence-corrected chi connectivity index (χ2v) is 6.49. The van der Waals surface area contributed by atoms with Gasteiger partial charge in [-0.1, -0.05) is 48.5 Å². The van der Waals surface area contributed by atoms with Crippen LogP contribution in [-0.4, -0.2) is 25.6 Å². The lowest BCUT2D eigenvalue weighted by Crippen LogP contribution is -2.23. The molecule has 1 heterocycles. The molecule has 0 bridgehead atoms. The molecule has 1 N–H and O–H groups in total. The van der Waals surface area contributed by atoms with E-state index in [1.807, 2.05) is 42.5 Å². The maximum atomic E-state index is 12.4. The van der Waals surface area contributed by atoms with Gasteiger partial charge in [0.1, 0.15) is 5.75 Å². The Hall–Kier alpha value is -3.34. The number of anilines is 1. The summed E-state index contributed by atoms with van der Waals surface area (Å²) < 4.78 is 10.1. The maximum Gasteiger partial charge on any atom is 0.343 e. The van der Waals surface area contributed by atoms with Gasteiger partial charge in [-0.05, 0) is 28.6 Å². The van der Waals surface area contributed by atoms with Gasteiger partial charge in [-0.25, -0.2) is 4.79 Å². The number of methoxy groups -OCH3 is 1. The first kappa shape index (κ1) is 17.1. The van der Waals surface area contributed by atoms with Gasteiger partial charge in [0.2, 0.25) is 5.91 Å². The van der Waals surface area contributed by atoms with Gasteiger partial charge in [0.05, 0.1) is 12.8 Å². The van der Waals surface area contributed by atoms with Crippen molar-refractivity contribution in [1.29, 1.82) is 0 Å². The molecule has 1 amide bonds. The summed E-state index contributed by atoms with van der Waals surface area (Å²) in [6, 6.07) is 19.7. The molecule has 27 heavy (non-hydrogen) atoms. The molecule has 1 aliphatic rings. The number of hydrogen-bond acceptors (Lipinski definition) is 4. The zero-order valence-electron chi connectivity index (χ0n) is 14.9. The fourth-order valence-electron chi connectivity index (χ4n) is 3.52. The fourth-order valence-corrected chi connectivity index (χ4v) is 3.52. The van der Waals surface area contributed by atoms with Crippen LogP contribution in [0.15, 0.2) is 60.7 Å². The van der Waals surface area contributed by atoms with E-state index in [1.54, 1.807) is 6.07 Å². The van der Waals surface area contributed by atoms with Gasteiger partial charge in [-0.2, -0.15) is 0 Å². The molecule has 136 valence electrons. The molecule has 0 radical (unpaired) electrons. The number of fused-ring (bicyclic) bond motifs is 3. The van der Waals surface area contributed by atoms with Gasteiger partial charge in [0.15, 0.2) is 6.61 Å². The van der Waals surface area contributed by atoms with E-state index in [0.717, 1.165) is 27.6 Å². The molecule has 0 saturated heterocycles. The zero-order valence-corrected chi connectivity index (χ0v) is 14.9. The molecule has 5 nitrogen and oxygen atoms in total. The highest BCUT2D eigenvalue weighted by Gasteiger charge is 2.28. The molecular weight excluding hydrogens is 342 g/mol. The summed E-state index contributed by atoms with van der Waals surface area (Å²) >= 11 is 0. The Bertz CT molecular complexity index is 1030. The molecule has 0 fully saturated rings. The standard InChI is InChI=1S/C22H19NO4/c1-26-21(25)13-27-16-7-4-6-15(11-16)19-12-20(24)23-22-17-8-3-2-5-14(17)9-10-18(19)22/h2-11,19H,12-13H2,1H3,(H,23,24). The van der Waals surface area contributed by atoms with Crippen molar-refractivity contribution < 1.29 is 19.1 Å². The molecule has 4 rings (SSSR count). The quantitative estimate of drug-likeness (QED) is 0.717. The summed E-state index contributed by atoms with van der Waals surface area (Å²) in [6.07, 6.45) is 0.367. The second-order valence-electron chi connectivity index (χ2n) is 6.49. The molecule has 0 aliphatic carbocycles. The van der Waals surface area contributed by atoms with Crippen LogP contribution < -0.4 is 10.1 Å². The third-order valence-electron chi connectivity index (χ3n) is 4.84. The van der Waals surface area contributed by atoms with Crippen molar-refractivity contribution in [2.75, 3.05) is 19.0 Å². The molecule has 1 unspecified atom stereocenters. The third kappa shape index (κ3) is 3.36. The first-order valence-corrected chi connectivity index (χ1v) is 8.77. The molecule has 3 aromatic rings. The highest BCUT2D eigenvalue weighted by Crippen LogP contribution is 2.41. The molecule has 1 aliphatic heterocycles. The van der Waals surface area contributed by atoms with E-state index in [0.29, 0.717) is 12.2 Å². The first-order valence-electron chi connectivity index (χ1n) is 8.77. The Kier molecular flexibility index (Phi) is 4.50. The Balaban J connectivity index is 1.72. The summed E-state index contributed by atoms with van der Waals surface area (Å²) in [5.74, 6) is 0.0604. The Morgan fingerprint density at radius 3 is 2.81 bits per heavy atom. The summed E-state index contributed by atoms with van der Waals surface area (Å²) in [4.78, 5) is 23.7. The molecular formula is C22H19NO4. The van der Waals surface area contributed by atoms with E-state index in [4.69, 9.17) is 4.74 Å². The van der Waals surface area contributed by atoms with Crippen molar-refractivity contribution in [1.82, 2.24) is 0 Å². The average molecular weight is 361 g/mol. The number of amides is 1. The van der Waals surface area contributed by atoms with Crippen molar-refractivity contribution in [3.05, 3.63) is 71.8 Å². The number of nitrogens with one attached hydrogen (secondary N) is 1. The summed E-state index contributed by atoms with van der Waals surface area (Å²) in [5.41, 5.74) is 2.93. The zero-order chi connectivity index (χ0) is 18.8. The topological polar surface area (TPSA) is 64.6 Å². The van der Waals surface area contributed by atoms with Crippen LogP contribution in [0.3, 0.4) is 0 Å². The van der Waals surface area contributed by atoms with E-state index >= 15 is 0 Å². The summed E-state index contributed by atoms with van der Waals surface area (Å²) in [6.45, 7) is -0.146. The van der Waals surface area contributed by atoms with Crippen molar-refractivity contribution in [3.8, 4) is 5.75 Å². The predicted molar refractivity (Wildman–Crippen MR) is 103 cm³/mol. The van der Waals surface area contributed by atoms with Crippen LogP contribution >= 0.6 is 0 Å². The lowest BCUT2D eigenvalue weighted by molar-refractivity contribution is -0.142. The van der Waals surface area contributed by atoms with Gasteiger partial charge in [-0.3, -0.25) is 4.79 Å². The van der Waals surface area contributed by atoms with Crippen molar-refractivity contribution >= 4 is 28.3 Å². The van der Waals surface area contributed by atoms with E-state index in [-0.39, 0.29) is 18.4 Å². The molecule has 5 heteroatoms. The van der Waals surface area contributed by atoms with E-state index < -0.39 is 5.97 Å². The largest absolute Gasteiger partial charge is 0.482 e. The monoisotopic (exact) mass is 361 g/mol. The normalized spacial score (nSPS) is 15.7. The lowest BCUT2D eigenvalue weighted by atomic mass is 9.83. The number of hydrogen-bond donors (Lipinski definition) is 1. The average Bonchev–Trinajstić information content (AvgIpc) is 2.71. The number of carbonyl (C=O) groups excluding carboxylic acids is 2. The van der Waals surface area contributed by atoms with Gasteiger partial charge in [0, 0.05) is 17.7 Å². The molecule has 3 aromatic carbocycles. The SMILES string of the molecule is COC(=O)COc1cccc(C2CC(=O)Nc3c2ccc2ccccc32)c1. The number of esters is 1. The van der Waals surface area contributed by atoms with E-state index in [1.165, 1.54) is 7.11 Å². The van der Waals surface area contributed by atoms with Gasteiger partial charge >= 0.3 is 5.97 Å². The molecule has 0 saturated carbocycles. The van der Waals surface area contributed by atoms with Crippen LogP contribution in [0.4, 0.5) is 5.69 Å². The van der Waals surface area contributed by atoms with Crippen LogP contribution in [0.1, 0.15) is 23.5 Å². The summed E-state index contributed by atoms with van der Waals surface area (Å²) in [7, 11) is 1.32. The minimum Gasteiger partial charge on any atom is -0.482 e. The van der Waals surface area contributed by atoms with Gasteiger partial charge in [-0.15, -0.1) is 0 Å². The fraction of sp³-hybridized carbons (Fsp3) is 0.182.